The molecule has 1 saturated heterocycles. The number of urea groups is 1. The summed E-state index contributed by atoms with van der Waals surface area (Å²) in [5.74, 6) is -1.27. The van der Waals surface area contributed by atoms with Crippen LogP contribution in [0.25, 0.3) is 0 Å². The Hall–Kier alpha value is -2.25. The van der Waals surface area contributed by atoms with E-state index in [9.17, 15) is 22.8 Å². The van der Waals surface area contributed by atoms with Crippen LogP contribution in [0.4, 0.5) is 9.93 Å². The summed E-state index contributed by atoms with van der Waals surface area (Å²) in [6.07, 6.45) is 7.56. The quantitative estimate of drug-likeness (QED) is 0.530. The zero-order valence-corrected chi connectivity index (χ0v) is 19.6. The van der Waals surface area contributed by atoms with E-state index in [4.69, 9.17) is 5.11 Å². The van der Waals surface area contributed by atoms with Crippen molar-refractivity contribution in [3.05, 3.63) is 6.20 Å². The number of aromatic nitrogens is 1. The number of amides is 3. The first-order chi connectivity index (χ1) is 15.2. The van der Waals surface area contributed by atoms with Crippen LogP contribution in [0.5, 0.6) is 0 Å². The van der Waals surface area contributed by atoms with Crippen molar-refractivity contribution in [1.82, 2.24) is 19.5 Å². The Balaban J connectivity index is 1.71. The normalized spacial score (nSPS) is 18.3. The van der Waals surface area contributed by atoms with E-state index in [-0.39, 0.29) is 33.4 Å². The van der Waals surface area contributed by atoms with Gasteiger partial charge in [0, 0.05) is 32.1 Å². The molecule has 2 fully saturated rings. The Morgan fingerprint density at radius 1 is 1.16 bits per heavy atom. The fourth-order valence-electron chi connectivity index (χ4n) is 4.27. The third-order valence-corrected chi connectivity index (χ3v) is 8.66. The number of likely N-dealkylation sites (tertiary alicyclic amines) is 1. The Morgan fingerprint density at radius 2 is 1.78 bits per heavy atom. The minimum atomic E-state index is -4.02. The summed E-state index contributed by atoms with van der Waals surface area (Å²) in [5.41, 5.74) is 0. The zero-order valence-electron chi connectivity index (χ0n) is 17.9. The number of piperidine rings is 1. The molecule has 0 atom stereocenters. The van der Waals surface area contributed by atoms with Gasteiger partial charge in [-0.3, -0.25) is 14.9 Å². The van der Waals surface area contributed by atoms with Crippen LogP contribution in [-0.2, 0) is 19.6 Å². The lowest BCUT2D eigenvalue weighted by Gasteiger charge is -2.43. The van der Waals surface area contributed by atoms with Crippen molar-refractivity contribution in [3.63, 3.8) is 0 Å². The van der Waals surface area contributed by atoms with Gasteiger partial charge in [-0.2, -0.15) is 4.72 Å². The Bertz CT molecular complexity index is 936. The third-order valence-electron chi connectivity index (χ3n) is 5.88. The SMILES string of the molecule is CC(=O)N1CCC(N(C(=O)Nc2ncc(S(=O)(=O)NCC(=O)O)s2)C2CCCCC2)CC1. The second-order valence-electron chi connectivity index (χ2n) is 8.07. The molecule has 1 aliphatic carbocycles. The molecule has 32 heavy (non-hydrogen) atoms. The van der Waals surface area contributed by atoms with Gasteiger partial charge in [0.25, 0.3) is 10.0 Å². The van der Waals surface area contributed by atoms with Gasteiger partial charge in [0.2, 0.25) is 5.91 Å². The van der Waals surface area contributed by atoms with E-state index in [0.717, 1.165) is 49.6 Å². The molecule has 11 nitrogen and oxygen atoms in total. The van der Waals surface area contributed by atoms with Crippen molar-refractivity contribution in [3.8, 4) is 0 Å². The van der Waals surface area contributed by atoms with Crippen LogP contribution in [0.15, 0.2) is 10.4 Å². The van der Waals surface area contributed by atoms with Crippen molar-refractivity contribution in [2.24, 2.45) is 0 Å². The molecule has 0 radical (unpaired) electrons. The van der Waals surface area contributed by atoms with Gasteiger partial charge in [0.05, 0.1) is 6.20 Å². The minimum Gasteiger partial charge on any atom is -0.480 e. The summed E-state index contributed by atoms with van der Waals surface area (Å²) in [6.45, 7) is 2.01. The first kappa shape index (κ1) is 24.4. The van der Waals surface area contributed by atoms with Crippen LogP contribution in [-0.4, -0.2) is 77.9 Å². The highest BCUT2D eigenvalue weighted by Crippen LogP contribution is 2.30. The van der Waals surface area contributed by atoms with Gasteiger partial charge in [0.15, 0.2) is 9.34 Å². The highest BCUT2D eigenvalue weighted by atomic mass is 32.2. The summed E-state index contributed by atoms with van der Waals surface area (Å²) in [5, 5.41) is 11.5. The monoisotopic (exact) mass is 487 g/mol. The van der Waals surface area contributed by atoms with Crippen LogP contribution in [0.3, 0.4) is 0 Å². The van der Waals surface area contributed by atoms with E-state index < -0.39 is 22.5 Å². The number of hydrogen-bond donors (Lipinski definition) is 3. The molecule has 13 heteroatoms. The maximum atomic E-state index is 13.3. The smallest absolute Gasteiger partial charge is 0.324 e. The fraction of sp³-hybridized carbons (Fsp3) is 0.684. The summed E-state index contributed by atoms with van der Waals surface area (Å²) in [7, 11) is -4.02. The molecule has 1 aromatic rings. The number of carbonyl (C=O) groups is 3. The van der Waals surface area contributed by atoms with Crippen molar-refractivity contribution >= 4 is 44.4 Å². The molecule has 3 amide bonds. The molecule has 2 aliphatic rings. The van der Waals surface area contributed by atoms with Gasteiger partial charge in [-0.25, -0.2) is 18.2 Å². The van der Waals surface area contributed by atoms with Crippen molar-refractivity contribution < 1.29 is 27.9 Å². The number of anilines is 1. The number of carboxylic acids is 1. The Morgan fingerprint density at radius 3 is 2.38 bits per heavy atom. The first-order valence-corrected chi connectivity index (χ1v) is 13.0. The van der Waals surface area contributed by atoms with Crippen molar-refractivity contribution in [2.45, 2.75) is 68.2 Å². The lowest BCUT2D eigenvalue weighted by Crippen LogP contribution is -2.54. The zero-order chi connectivity index (χ0) is 23.3. The van der Waals surface area contributed by atoms with E-state index in [1.807, 2.05) is 9.62 Å². The summed E-state index contributed by atoms with van der Waals surface area (Å²) in [4.78, 5) is 43.2. The maximum absolute atomic E-state index is 13.3. The van der Waals surface area contributed by atoms with E-state index in [2.05, 4.69) is 10.3 Å². The van der Waals surface area contributed by atoms with Gasteiger partial charge >= 0.3 is 12.0 Å². The fourth-order valence-corrected chi connectivity index (χ4v) is 6.31. The van der Waals surface area contributed by atoms with Gasteiger partial charge in [0.1, 0.15) is 6.54 Å². The predicted octanol–water partition coefficient (Wildman–Crippen LogP) is 1.68. The maximum Gasteiger partial charge on any atom is 0.324 e. The molecule has 0 unspecified atom stereocenters. The van der Waals surface area contributed by atoms with Crippen molar-refractivity contribution in [2.75, 3.05) is 25.0 Å². The average Bonchev–Trinajstić information content (AvgIpc) is 3.23. The molecule has 2 heterocycles. The lowest BCUT2D eigenvalue weighted by atomic mass is 9.91. The number of carbonyl (C=O) groups excluding carboxylic acids is 2. The second-order valence-corrected chi connectivity index (χ2v) is 11.1. The summed E-state index contributed by atoms with van der Waals surface area (Å²) < 4.78 is 26.2. The number of nitrogens with one attached hydrogen (secondary N) is 2. The van der Waals surface area contributed by atoms with E-state index in [1.54, 1.807) is 11.8 Å². The topological polar surface area (TPSA) is 149 Å². The highest BCUT2D eigenvalue weighted by molar-refractivity contribution is 7.91. The minimum absolute atomic E-state index is 0.00546. The number of hydrogen-bond acceptors (Lipinski definition) is 7. The average molecular weight is 488 g/mol. The summed E-state index contributed by atoms with van der Waals surface area (Å²) in [6, 6.07) is -0.234. The third kappa shape index (κ3) is 6.17. The highest BCUT2D eigenvalue weighted by Gasteiger charge is 2.34. The van der Waals surface area contributed by atoms with E-state index >= 15 is 0 Å². The van der Waals surface area contributed by atoms with Crippen LogP contribution in [0.2, 0.25) is 0 Å². The van der Waals surface area contributed by atoms with Crippen LogP contribution in [0, 0.1) is 0 Å². The number of nitrogens with zero attached hydrogens (tertiary/aromatic N) is 3. The summed E-state index contributed by atoms with van der Waals surface area (Å²) >= 11 is 0.769. The Labute approximate surface area is 191 Å². The number of thiazole rings is 1. The van der Waals surface area contributed by atoms with Crippen LogP contribution < -0.4 is 10.0 Å². The molecular weight excluding hydrogens is 458 g/mol. The first-order valence-electron chi connectivity index (χ1n) is 10.7. The standard InChI is InChI=1S/C19H29N5O6S2/c1-13(25)23-9-7-15(8-10-23)24(14-5-3-2-4-6-14)19(28)22-18-20-12-17(31-18)32(29,30)21-11-16(26)27/h12,14-15,21H,2-11H2,1H3,(H,26,27)(H,20,22,28). The second kappa shape index (κ2) is 10.6. The molecule has 0 bridgehead atoms. The molecule has 0 aromatic carbocycles. The predicted molar refractivity (Wildman–Crippen MR) is 118 cm³/mol. The molecule has 3 N–H and O–H groups in total. The van der Waals surface area contributed by atoms with E-state index in [1.165, 1.54) is 0 Å². The Kier molecular flexibility index (Phi) is 8.06. The number of sulfonamides is 1. The molecule has 1 aliphatic heterocycles. The van der Waals surface area contributed by atoms with Crippen molar-refractivity contribution in [1.29, 1.82) is 0 Å². The van der Waals surface area contributed by atoms with Crippen LogP contribution in [0.1, 0.15) is 51.9 Å². The molecular formula is C19H29N5O6S2. The lowest BCUT2D eigenvalue weighted by molar-refractivity contribution is -0.135. The van der Waals surface area contributed by atoms with E-state index in [0.29, 0.717) is 25.9 Å². The van der Waals surface area contributed by atoms with Gasteiger partial charge < -0.3 is 14.9 Å². The molecule has 1 saturated carbocycles. The largest absolute Gasteiger partial charge is 0.480 e. The van der Waals surface area contributed by atoms with Crippen LogP contribution >= 0.6 is 11.3 Å². The molecule has 178 valence electrons. The molecule has 3 rings (SSSR count). The van der Waals surface area contributed by atoms with Gasteiger partial charge in [-0.15, -0.1) is 0 Å². The molecule has 0 spiro atoms. The number of rotatable bonds is 7. The van der Waals surface area contributed by atoms with Gasteiger partial charge in [-0.1, -0.05) is 30.6 Å². The molecule has 1 aromatic heterocycles. The number of carboxylic acid groups (broad SMARTS) is 1. The number of aliphatic carboxylic acids is 1. The van der Waals surface area contributed by atoms with Gasteiger partial charge in [-0.05, 0) is 25.7 Å².